The molecule has 4 nitrogen and oxygen atoms in total. The molecule has 0 unspecified atom stereocenters. The molecule has 11 rings (SSSR count). The molecular weight excluding hydrogens is 577 g/mol. The molecule has 0 amide bonds. The van der Waals surface area contributed by atoms with Crippen molar-refractivity contribution in [3.8, 4) is 45.2 Å². The van der Waals surface area contributed by atoms with Gasteiger partial charge in [-0.3, -0.25) is 0 Å². The lowest BCUT2D eigenvalue weighted by Gasteiger charge is -2.34. The highest BCUT2D eigenvalue weighted by molar-refractivity contribution is 6.84. The first kappa shape index (κ1) is 25.0. The zero-order valence-electron chi connectivity index (χ0n) is 25.1. The molecule has 4 heterocycles. The highest BCUT2D eigenvalue weighted by Gasteiger charge is 2.42. The van der Waals surface area contributed by atoms with Crippen LogP contribution in [0, 0.1) is 0 Å². The van der Waals surface area contributed by atoms with Crippen LogP contribution in [-0.2, 0) is 0 Å². The van der Waals surface area contributed by atoms with Crippen LogP contribution in [0.3, 0.4) is 0 Å². The summed E-state index contributed by atoms with van der Waals surface area (Å²) in [5.41, 5.74) is 11.4. The second-order valence-electron chi connectivity index (χ2n) is 12.4. The molecule has 2 aliphatic rings. The van der Waals surface area contributed by atoms with E-state index in [9.17, 15) is 0 Å². The monoisotopic (exact) mass is 601 g/mol. The minimum absolute atomic E-state index is 0.307. The maximum atomic E-state index is 7.07. The van der Waals surface area contributed by atoms with E-state index in [0.29, 0.717) is 0 Å². The van der Waals surface area contributed by atoms with Crippen LogP contribution in [0.25, 0.3) is 71.7 Å². The maximum absolute atomic E-state index is 7.07. The van der Waals surface area contributed by atoms with Gasteiger partial charge in [-0.15, -0.1) is 0 Å². The van der Waals surface area contributed by atoms with E-state index in [1.807, 2.05) is 18.2 Å². The van der Waals surface area contributed by atoms with Crippen LogP contribution in [0.15, 0.2) is 150 Å². The van der Waals surface area contributed by atoms with Crippen molar-refractivity contribution in [1.29, 1.82) is 0 Å². The van der Waals surface area contributed by atoms with Gasteiger partial charge in [-0.25, -0.2) is 0 Å². The van der Waals surface area contributed by atoms with Gasteiger partial charge < -0.3 is 18.4 Å². The number of para-hydroxylation sites is 5. The van der Waals surface area contributed by atoms with E-state index in [2.05, 4.69) is 132 Å². The predicted molar refractivity (Wildman–Crippen MR) is 191 cm³/mol. The smallest absolute Gasteiger partial charge is 0.434 e. The fourth-order valence-corrected chi connectivity index (χ4v) is 7.80. The third-order valence-electron chi connectivity index (χ3n) is 9.88. The molecule has 0 bridgehead atoms. The van der Waals surface area contributed by atoms with Crippen molar-refractivity contribution >= 4 is 61.6 Å². The van der Waals surface area contributed by atoms with Gasteiger partial charge in [0.05, 0.1) is 16.7 Å². The molecule has 0 radical (unpaired) electrons. The normalized spacial score (nSPS) is 13.0. The number of furan rings is 1. The van der Waals surface area contributed by atoms with Crippen LogP contribution in [-0.4, -0.2) is 11.5 Å². The van der Waals surface area contributed by atoms with Gasteiger partial charge in [0.15, 0.2) is 0 Å². The molecule has 0 saturated carbocycles. The van der Waals surface area contributed by atoms with Crippen LogP contribution in [0.5, 0.6) is 17.2 Å². The van der Waals surface area contributed by atoms with Crippen LogP contribution in [0.4, 0.5) is 0 Å². The highest BCUT2D eigenvalue weighted by Crippen LogP contribution is 2.44. The van der Waals surface area contributed by atoms with Gasteiger partial charge in [-0.05, 0) is 71.3 Å². The Morgan fingerprint density at radius 2 is 1.21 bits per heavy atom. The Hall–Kier alpha value is -6.20. The summed E-state index contributed by atoms with van der Waals surface area (Å²) in [4.78, 5) is 0. The molecule has 0 aliphatic carbocycles. The summed E-state index contributed by atoms with van der Waals surface area (Å²) in [7, 11) is 0. The Bertz CT molecular complexity index is 2720. The van der Waals surface area contributed by atoms with Crippen LogP contribution >= 0.6 is 0 Å². The average Bonchev–Trinajstić information content (AvgIpc) is 3.67. The van der Waals surface area contributed by atoms with Gasteiger partial charge in [-0.2, -0.15) is 0 Å². The second-order valence-corrected chi connectivity index (χ2v) is 12.4. The topological polar surface area (TPSA) is 36.5 Å². The van der Waals surface area contributed by atoms with Gasteiger partial charge in [0.2, 0.25) is 0 Å². The van der Waals surface area contributed by atoms with Gasteiger partial charge in [0, 0.05) is 38.0 Å². The molecule has 5 heteroatoms. The number of rotatable bonds is 2. The molecule has 7 aromatic carbocycles. The molecule has 2 aromatic heterocycles. The van der Waals surface area contributed by atoms with Gasteiger partial charge in [0.25, 0.3) is 0 Å². The van der Waals surface area contributed by atoms with Crippen molar-refractivity contribution in [3.05, 3.63) is 146 Å². The fraction of sp³-hybridized carbons (Fsp3) is 0. The zero-order valence-corrected chi connectivity index (χ0v) is 25.1. The van der Waals surface area contributed by atoms with E-state index in [-0.39, 0.29) is 6.92 Å². The Kier molecular flexibility index (Phi) is 4.89. The maximum Gasteiger partial charge on any atom is 0.434 e. The Morgan fingerprint density at radius 1 is 0.489 bits per heavy atom. The summed E-state index contributed by atoms with van der Waals surface area (Å²) < 4.78 is 22.5. The second kappa shape index (κ2) is 9.18. The number of fused-ring (bicyclic) bond motifs is 10. The lowest BCUT2D eigenvalue weighted by atomic mass is 9.50. The van der Waals surface area contributed by atoms with E-state index in [1.54, 1.807) is 0 Å². The molecule has 0 fully saturated rings. The minimum Gasteiger partial charge on any atom is -0.551 e. The van der Waals surface area contributed by atoms with Gasteiger partial charge >= 0.3 is 6.92 Å². The summed E-state index contributed by atoms with van der Waals surface area (Å²) >= 11 is 0. The molecule has 0 saturated heterocycles. The number of hydrogen-bond donors (Lipinski definition) is 0. The quantitative estimate of drug-likeness (QED) is 0.185. The lowest BCUT2D eigenvalue weighted by Crippen LogP contribution is -2.53. The molecule has 0 spiro atoms. The van der Waals surface area contributed by atoms with E-state index in [1.165, 1.54) is 10.8 Å². The first-order valence-corrected chi connectivity index (χ1v) is 16.0. The SMILES string of the molecule is c1ccc2c(c1)OB1c3cccc(-n4c5ccccc5c5ccccc54)c3Oc3cc(-c4ccc5c(c4)oc4ccccc45)cc-2c31. The molecular formula is C42H24BNO3. The van der Waals surface area contributed by atoms with E-state index >= 15 is 0 Å². The van der Waals surface area contributed by atoms with Gasteiger partial charge in [0.1, 0.15) is 28.4 Å². The molecule has 0 atom stereocenters. The number of aromatic nitrogens is 1. The third kappa shape index (κ3) is 3.43. The van der Waals surface area contributed by atoms with E-state index in [0.717, 1.165) is 89.1 Å². The van der Waals surface area contributed by atoms with Crippen molar-refractivity contribution in [3.63, 3.8) is 0 Å². The third-order valence-corrected chi connectivity index (χ3v) is 9.88. The fourth-order valence-electron chi connectivity index (χ4n) is 7.80. The van der Waals surface area contributed by atoms with Crippen molar-refractivity contribution in [2.75, 3.05) is 0 Å². The molecule has 9 aromatic rings. The lowest BCUT2D eigenvalue weighted by molar-refractivity contribution is 0.478. The summed E-state index contributed by atoms with van der Waals surface area (Å²) in [6.07, 6.45) is 0. The molecule has 0 N–H and O–H groups in total. The summed E-state index contributed by atoms with van der Waals surface area (Å²) in [6.45, 7) is -0.307. The first-order valence-electron chi connectivity index (χ1n) is 16.0. The number of benzene rings is 7. The Balaban J connectivity index is 1.16. The highest BCUT2D eigenvalue weighted by atomic mass is 16.5. The van der Waals surface area contributed by atoms with Crippen molar-refractivity contribution in [2.45, 2.75) is 0 Å². The standard InChI is InChI=1S/C42H24BNO3/c1-5-15-34-27(10-1)28-11-2-6-16-35(28)44(34)36-17-9-14-33-42(36)46-40-24-26(22-32-30-13-4-8-19-38(30)47-43(33)41(32)40)25-20-21-31-29-12-3-7-18-37(29)45-39(31)23-25/h1-24H. The molecule has 2 aliphatic heterocycles. The van der Waals surface area contributed by atoms with Crippen LogP contribution in [0.2, 0.25) is 0 Å². The summed E-state index contributed by atoms with van der Waals surface area (Å²) in [5, 5.41) is 4.67. The average molecular weight is 601 g/mol. The van der Waals surface area contributed by atoms with E-state index < -0.39 is 0 Å². The molecule has 218 valence electrons. The summed E-state index contributed by atoms with van der Waals surface area (Å²) in [6, 6.07) is 51.0. The number of nitrogens with zero attached hydrogens (tertiary/aromatic N) is 1. The van der Waals surface area contributed by atoms with E-state index in [4.69, 9.17) is 13.8 Å². The Labute approximate surface area is 270 Å². The van der Waals surface area contributed by atoms with Crippen molar-refractivity contribution in [2.24, 2.45) is 0 Å². The Morgan fingerprint density at radius 3 is 2.06 bits per heavy atom. The minimum atomic E-state index is -0.307. The largest absolute Gasteiger partial charge is 0.551 e. The first-order chi connectivity index (χ1) is 23.3. The predicted octanol–water partition coefficient (Wildman–Crippen LogP) is 9.62. The van der Waals surface area contributed by atoms with Crippen LogP contribution in [0.1, 0.15) is 0 Å². The van der Waals surface area contributed by atoms with Crippen molar-refractivity contribution < 1.29 is 13.8 Å². The number of hydrogen-bond acceptors (Lipinski definition) is 3. The zero-order chi connectivity index (χ0) is 30.6. The number of ether oxygens (including phenoxy) is 1. The molecule has 47 heavy (non-hydrogen) atoms. The summed E-state index contributed by atoms with van der Waals surface area (Å²) in [5.74, 6) is 2.49. The van der Waals surface area contributed by atoms with Crippen molar-refractivity contribution in [1.82, 2.24) is 4.57 Å². The van der Waals surface area contributed by atoms with Crippen LogP contribution < -0.4 is 20.3 Å². The van der Waals surface area contributed by atoms with Gasteiger partial charge in [-0.1, -0.05) is 91.0 Å².